The van der Waals surface area contributed by atoms with Gasteiger partial charge in [0, 0.05) is 19.8 Å². The highest BCUT2D eigenvalue weighted by Crippen LogP contribution is 2.29. The van der Waals surface area contributed by atoms with Gasteiger partial charge in [-0.25, -0.2) is 9.97 Å². The molecule has 7 nitrogen and oxygen atoms in total. The molecule has 0 aliphatic carbocycles. The number of aromatic nitrogens is 5. The molecule has 138 valence electrons. The monoisotopic (exact) mass is 381 g/mol. The molecule has 0 saturated carbocycles. The summed E-state index contributed by atoms with van der Waals surface area (Å²) in [4.78, 5) is 15.8. The first kappa shape index (κ1) is 17.6. The zero-order valence-electron chi connectivity index (χ0n) is 15.5. The molecule has 0 atom stereocenters. The van der Waals surface area contributed by atoms with E-state index in [0.717, 1.165) is 41.3 Å². The number of fused-ring (bicyclic) bond motifs is 1. The van der Waals surface area contributed by atoms with E-state index >= 15 is 0 Å². The molecule has 0 amide bonds. The van der Waals surface area contributed by atoms with E-state index in [4.69, 9.17) is 16.6 Å². The van der Waals surface area contributed by atoms with Crippen molar-refractivity contribution in [1.29, 1.82) is 0 Å². The second kappa shape index (κ2) is 7.08. The molecule has 0 saturated heterocycles. The summed E-state index contributed by atoms with van der Waals surface area (Å²) in [5.74, 6) is 1.41. The van der Waals surface area contributed by atoms with E-state index < -0.39 is 0 Å². The number of aryl methyl sites for hydroxylation is 2. The highest BCUT2D eigenvalue weighted by atomic mass is 35.5. The normalized spacial score (nSPS) is 13.4. The van der Waals surface area contributed by atoms with Gasteiger partial charge in [0.1, 0.15) is 11.5 Å². The molecule has 1 aliphatic heterocycles. The number of hydrogen-bond donors (Lipinski definition) is 1. The van der Waals surface area contributed by atoms with Crippen LogP contribution in [0.5, 0.6) is 0 Å². The number of hydrogen-bond acceptors (Lipinski definition) is 7. The largest absolute Gasteiger partial charge is 0.372 e. The lowest BCUT2D eigenvalue weighted by Gasteiger charge is -2.28. The van der Waals surface area contributed by atoms with Gasteiger partial charge in [-0.05, 0) is 43.0 Å². The van der Waals surface area contributed by atoms with Crippen LogP contribution in [0.15, 0.2) is 24.5 Å². The summed E-state index contributed by atoms with van der Waals surface area (Å²) < 4.78 is 0. The zero-order valence-corrected chi connectivity index (χ0v) is 16.2. The molecule has 27 heavy (non-hydrogen) atoms. The second-order valence-corrected chi connectivity index (χ2v) is 7.07. The lowest BCUT2D eigenvalue weighted by atomic mass is 10.1. The highest BCUT2D eigenvalue weighted by Gasteiger charge is 2.22. The zero-order chi connectivity index (χ0) is 19.0. The number of halogens is 1. The minimum Gasteiger partial charge on any atom is -0.372 e. The molecule has 4 rings (SSSR count). The summed E-state index contributed by atoms with van der Waals surface area (Å²) >= 11 is 6.38. The first-order chi connectivity index (χ1) is 13.0. The molecular formula is C19H20ClN7. The number of nitrogens with zero attached hydrogens (tertiary/aromatic N) is 6. The Kier molecular flexibility index (Phi) is 4.61. The van der Waals surface area contributed by atoms with E-state index in [2.05, 4.69) is 36.4 Å². The Hall–Kier alpha value is -2.80. The van der Waals surface area contributed by atoms with Gasteiger partial charge in [-0.2, -0.15) is 5.10 Å². The van der Waals surface area contributed by atoms with Crippen LogP contribution in [0.4, 0.5) is 11.8 Å². The lowest BCUT2D eigenvalue weighted by Crippen LogP contribution is -2.32. The average molecular weight is 382 g/mol. The molecule has 0 unspecified atom stereocenters. The number of nitrogens with one attached hydrogen (secondary N) is 1. The van der Waals surface area contributed by atoms with Gasteiger partial charge in [0.15, 0.2) is 0 Å². The van der Waals surface area contributed by atoms with E-state index in [1.807, 2.05) is 33.2 Å². The summed E-state index contributed by atoms with van der Waals surface area (Å²) in [6.07, 6.45) is 4.33. The van der Waals surface area contributed by atoms with Crippen LogP contribution >= 0.6 is 11.6 Å². The minimum atomic E-state index is 0.495. The van der Waals surface area contributed by atoms with Crippen LogP contribution in [0.1, 0.15) is 22.4 Å². The van der Waals surface area contributed by atoms with Crippen molar-refractivity contribution in [1.82, 2.24) is 25.1 Å². The first-order valence-electron chi connectivity index (χ1n) is 8.79. The van der Waals surface area contributed by atoms with Gasteiger partial charge in [-0.1, -0.05) is 17.7 Å². The summed E-state index contributed by atoms with van der Waals surface area (Å²) in [6, 6.07) is 4.12. The quantitative estimate of drug-likeness (QED) is 0.746. The van der Waals surface area contributed by atoms with Gasteiger partial charge in [0.2, 0.25) is 5.95 Å². The van der Waals surface area contributed by atoms with Gasteiger partial charge in [0.25, 0.3) is 0 Å². The first-order valence-corrected chi connectivity index (χ1v) is 9.17. The fourth-order valence-electron chi connectivity index (χ4n) is 3.25. The molecule has 0 fully saturated rings. The summed E-state index contributed by atoms with van der Waals surface area (Å²) in [7, 11) is 1.84. The van der Waals surface area contributed by atoms with Crippen molar-refractivity contribution >= 4 is 23.4 Å². The van der Waals surface area contributed by atoms with E-state index in [1.54, 1.807) is 6.20 Å². The minimum absolute atomic E-state index is 0.495. The van der Waals surface area contributed by atoms with Crippen LogP contribution in [-0.4, -0.2) is 38.7 Å². The SMILES string of the molecule is CNc1cc2c(nn1)CN(c1ncc(Cl)c(-c3ncc(C)cc3C)n1)CC2. The average Bonchev–Trinajstić information content (AvgIpc) is 2.68. The third-order valence-corrected chi connectivity index (χ3v) is 4.94. The van der Waals surface area contributed by atoms with Crippen molar-refractivity contribution in [2.75, 3.05) is 23.8 Å². The number of pyridine rings is 1. The van der Waals surface area contributed by atoms with E-state index in [-0.39, 0.29) is 0 Å². The van der Waals surface area contributed by atoms with Crippen LogP contribution in [0.3, 0.4) is 0 Å². The van der Waals surface area contributed by atoms with Crippen LogP contribution in [0.25, 0.3) is 11.4 Å². The van der Waals surface area contributed by atoms with E-state index in [1.165, 1.54) is 5.56 Å². The molecule has 0 radical (unpaired) electrons. The van der Waals surface area contributed by atoms with Crippen molar-refractivity contribution in [2.24, 2.45) is 0 Å². The van der Waals surface area contributed by atoms with E-state index in [0.29, 0.717) is 23.2 Å². The van der Waals surface area contributed by atoms with Gasteiger partial charge in [0.05, 0.1) is 29.2 Å². The Morgan fingerprint density at radius 2 is 1.93 bits per heavy atom. The predicted molar refractivity (Wildman–Crippen MR) is 106 cm³/mol. The Balaban J connectivity index is 1.67. The maximum absolute atomic E-state index is 6.38. The summed E-state index contributed by atoms with van der Waals surface area (Å²) in [5, 5.41) is 12.0. The van der Waals surface area contributed by atoms with Crippen LogP contribution in [0.2, 0.25) is 5.02 Å². The fraction of sp³-hybridized carbons (Fsp3) is 0.316. The molecule has 1 aliphatic rings. The lowest BCUT2D eigenvalue weighted by molar-refractivity contribution is 0.676. The smallest absolute Gasteiger partial charge is 0.226 e. The maximum atomic E-state index is 6.38. The molecule has 0 spiro atoms. The van der Waals surface area contributed by atoms with Crippen LogP contribution in [0, 0.1) is 13.8 Å². The number of rotatable bonds is 3. The standard InChI is InChI=1S/C19H20ClN7/c1-11-6-12(2)17(22-8-11)18-14(20)9-23-19(24-18)27-5-4-13-7-16(21-3)26-25-15(13)10-27/h6-9H,4-5,10H2,1-3H3,(H,21,26). The maximum Gasteiger partial charge on any atom is 0.226 e. The third kappa shape index (κ3) is 3.42. The molecule has 3 aromatic rings. The Bertz CT molecular complexity index is 1010. The Morgan fingerprint density at radius 1 is 1.07 bits per heavy atom. The molecule has 8 heteroatoms. The molecule has 0 aromatic carbocycles. The van der Waals surface area contributed by atoms with Crippen molar-refractivity contribution in [3.63, 3.8) is 0 Å². The van der Waals surface area contributed by atoms with Gasteiger partial charge in [-0.15, -0.1) is 5.10 Å². The van der Waals surface area contributed by atoms with Crippen molar-refractivity contribution in [3.8, 4) is 11.4 Å². The number of anilines is 2. The molecule has 4 heterocycles. The van der Waals surface area contributed by atoms with Crippen LogP contribution in [-0.2, 0) is 13.0 Å². The summed E-state index contributed by atoms with van der Waals surface area (Å²) in [6.45, 7) is 5.46. The Morgan fingerprint density at radius 3 is 2.70 bits per heavy atom. The summed E-state index contributed by atoms with van der Waals surface area (Å²) in [5.41, 5.74) is 5.73. The third-order valence-electron chi connectivity index (χ3n) is 4.66. The van der Waals surface area contributed by atoms with Gasteiger partial charge < -0.3 is 10.2 Å². The van der Waals surface area contributed by atoms with Gasteiger partial charge in [-0.3, -0.25) is 4.98 Å². The Labute approximate surface area is 162 Å². The van der Waals surface area contributed by atoms with Crippen molar-refractivity contribution in [3.05, 3.63) is 51.9 Å². The highest BCUT2D eigenvalue weighted by molar-refractivity contribution is 6.32. The van der Waals surface area contributed by atoms with E-state index in [9.17, 15) is 0 Å². The molecule has 1 N–H and O–H groups in total. The van der Waals surface area contributed by atoms with Gasteiger partial charge >= 0.3 is 0 Å². The second-order valence-electron chi connectivity index (χ2n) is 6.67. The molecule has 0 bridgehead atoms. The predicted octanol–water partition coefficient (Wildman–Crippen LogP) is 3.20. The van der Waals surface area contributed by atoms with Crippen molar-refractivity contribution in [2.45, 2.75) is 26.8 Å². The van der Waals surface area contributed by atoms with Crippen molar-refractivity contribution < 1.29 is 0 Å². The molecule has 3 aromatic heterocycles. The van der Waals surface area contributed by atoms with Crippen LogP contribution < -0.4 is 10.2 Å². The topological polar surface area (TPSA) is 79.7 Å². The fourth-order valence-corrected chi connectivity index (χ4v) is 3.43. The molecular weight excluding hydrogens is 362 g/mol.